The Morgan fingerprint density at radius 2 is 1.88 bits per heavy atom. The average molecular weight is 287 g/mol. The molecule has 0 fully saturated rings. The van der Waals surface area contributed by atoms with Crippen LogP contribution >= 0.6 is 15.9 Å². The molecule has 0 aromatic heterocycles. The quantitative estimate of drug-likeness (QED) is 0.630. The van der Waals surface area contributed by atoms with Gasteiger partial charge < -0.3 is 9.47 Å². The van der Waals surface area contributed by atoms with Crippen molar-refractivity contribution in [3.8, 4) is 5.75 Å². The SMILES string of the molecule is COc1ccc([C@@H](OC(C)=O)[C@H](C)Br)cc1. The fourth-order valence-corrected chi connectivity index (χ4v) is 1.81. The smallest absolute Gasteiger partial charge is 0.303 e. The number of methoxy groups -OCH3 is 1. The Morgan fingerprint density at radius 3 is 2.25 bits per heavy atom. The van der Waals surface area contributed by atoms with E-state index in [1.165, 1.54) is 6.92 Å². The number of carbonyl (C=O) groups is 1. The predicted molar refractivity (Wildman–Crippen MR) is 65.9 cm³/mol. The first-order valence-electron chi connectivity index (χ1n) is 5.00. The van der Waals surface area contributed by atoms with Crippen LogP contribution < -0.4 is 4.74 Å². The van der Waals surface area contributed by atoms with E-state index >= 15 is 0 Å². The van der Waals surface area contributed by atoms with Crippen molar-refractivity contribution in [2.24, 2.45) is 0 Å². The summed E-state index contributed by atoms with van der Waals surface area (Å²) in [5, 5.41) is 0. The van der Waals surface area contributed by atoms with Crippen LogP contribution in [0.2, 0.25) is 0 Å². The zero-order chi connectivity index (χ0) is 12.1. The molecule has 0 aliphatic heterocycles. The van der Waals surface area contributed by atoms with Gasteiger partial charge in [-0.05, 0) is 24.6 Å². The predicted octanol–water partition coefficient (Wildman–Crippen LogP) is 3.08. The van der Waals surface area contributed by atoms with E-state index in [2.05, 4.69) is 15.9 Å². The number of benzene rings is 1. The molecule has 0 spiro atoms. The van der Waals surface area contributed by atoms with Crippen molar-refractivity contribution in [3.63, 3.8) is 0 Å². The summed E-state index contributed by atoms with van der Waals surface area (Å²) in [6.07, 6.45) is -0.275. The number of alkyl halides is 1. The van der Waals surface area contributed by atoms with E-state index in [1.54, 1.807) is 7.11 Å². The second-order valence-electron chi connectivity index (χ2n) is 3.48. The van der Waals surface area contributed by atoms with E-state index in [4.69, 9.17) is 9.47 Å². The summed E-state index contributed by atoms with van der Waals surface area (Å²) >= 11 is 3.43. The Kier molecular flexibility index (Phi) is 4.80. The average Bonchev–Trinajstić information content (AvgIpc) is 2.25. The fraction of sp³-hybridized carbons (Fsp3) is 0.417. The van der Waals surface area contributed by atoms with Crippen LogP contribution in [0.1, 0.15) is 25.5 Å². The summed E-state index contributed by atoms with van der Waals surface area (Å²) in [6, 6.07) is 7.48. The first-order chi connectivity index (χ1) is 7.54. The molecule has 3 nitrogen and oxygen atoms in total. The summed E-state index contributed by atoms with van der Waals surface area (Å²) in [5.74, 6) is 0.500. The lowest BCUT2D eigenvalue weighted by Gasteiger charge is -2.20. The molecule has 0 amide bonds. The van der Waals surface area contributed by atoms with Gasteiger partial charge in [0.2, 0.25) is 0 Å². The van der Waals surface area contributed by atoms with E-state index in [0.29, 0.717) is 0 Å². The Morgan fingerprint density at radius 1 is 1.31 bits per heavy atom. The minimum absolute atomic E-state index is 0.0600. The second-order valence-corrected chi connectivity index (χ2v) is 4.93. The number of ether oxygens (including phenoxy) is 2. The zero-order valence-electron chi connectivity index (χ0n) is 9.57. The summed E-state index contributed by atoms with van der Waals surface area (Å²) < 4.78 is 10.3. The minimum Gasteiger partial charge on any atom is -0.497 e. The minimum atomic E-state index is -0.285. The van der Waals surface area contributed by atoms with E-state index in [1.807, 2.05) is 31.2 Å². The molecule has 0 heterocycles. The van der Waals surface area contributed by atoms with Crippen LogP contribution in [0.15, 0.2) is 24.3 Å². The Labute approximate surface area is 104 Å². The van der Waals surface area contributed by atoms with E-state index < -0.39 is 0 Å². The number of carbonyl (C=O) groups excluding carboxylic acids is 1. The van der Waals surface area contributed by atoms with Gasteiger partial charge in [0.1, 0.15) is 11.9 Å². The number of halogens is 1. The Hall–Kier alpha value is -1.03. The maximum atomic E-state index is 11.0. The molecule has 1 rings (SSSR count). The maximum absolute atomic E-state index is 11.0. The zero-order valence-corrected chi connectivity index (χ0v) is 11.2. The molecule has 0 aliphatic carbocycles. The third-order valence-electron chi connectivity index (χ3n) is 2.15. The molecule has 4 heteroatoms. The van der Waals surface area contributed by atoms with Gasteiger partial charge in [0.15, 0.2) is 0 Å². The van der Waals surface area contributed by atoms with Crippen molar-refractivity contribution < 1.29 is 14.3 Å². The van der Waals surface area contributed by atoms with Crippen LogP contribution in [0.4, 0.5) is 0 Å². The summed E-state index contributed by atoms with van der Waals surface area (Å²) in [4.78, 5) is 11.0. The van der Waals surface area contributed by atoms with Crippen molar-refractivity contribution in [2.75, 3.05) is 7.11 Å². The van der Waals surface area contributed by atoms with E-state index in [-0.39, 0.29) is 16.9 Å². The van der Waals surface area contributed by atoms with Crippen molar-refractivity contribution in [2.45, 2.75) is 24.8 Å². The summed E-state index contributed by atoms with van der Waals surface area (Å²) in [6.45, 7) is 3.35. The van der Waals surface area contributed by atoms with Crippen LogP contribution in [0.5, 0.6) is 5.75 Å². The molecule has 0 bridgehead atoms. The second kappa shape index (κ2) is 5.89. The molecule has 0 N–H and O–H groups in total. The molecule has 88 valence electrons. The third-order valence-corrected chi connectivity index (χ3v) is 2.63. The van der Waals surface area contributed by atoms with Gasteiger partial charge in [-0.2, -0.15) is 0 Å². The van der Waals surface area contributed by atoms with Crippen molar-refractivity contribution >= 4 is 21.9 Å². The molecular weight excluding hydrogens is 272 g/mol. The summed E-state index contributed by atoms with van der Waals surface area (Å²) in [7, 11) is 1.62. The Balaban J connectivity index is 2.88. The lowest BCUT2D eigenvalue weighted by atomic mass is 10.1. The standard InChI is InChI=1S/C12H15BrO3/c1-8(13)12(16-9(2)14)10-4-6-11(15-3)7-5-10/h4-8,12H,1-3H3/t8-,12-/m0/s1. The largest absolute Gasteiger partial charge is 0.497 e. The van der Waals surface area contributed by atoms with Crippen LogP contribution in [-0.4, -0.2) is 17.9 Å². The van der Waals surface area contributed by atoms with Gasteiger partial charge in [0.05, 0.1) is 11.9 Å². The van der Waals surface area contributed by atoms with Gasteiger partial charge in [-0.15, -0.1) is 0 Å². The van der Waals surface area contributed by atoms with Crippen molar-refractivity contribution in [1.82, 2.24) is 0 Å². The molecule has 0 saturated carbocycles. The maximum Gasteiger partial charge on any atom is 0.303 e. The molecule has 0 unspecified atom stereocenters. The molecule has 0 aliphatic rings. The van der Waals surface area contributed by atoms with Gasteiger partial charge in [-0.1, -0.05) is 28.1 Å². The van der Waals surface area contributed by atoms with Crippen LogP contribution in [0, 0.1) is 0 Å². The van der Waals surface area contributed by atoms with Gasteiger partial charge in [0.25, 0.3) is 0 Å². The normalized spacial score (nSPS) is 14.0. The molecule has 2 atom stereocenters. The highest BCUT2D eigenvalue weighted by atomic mass is 79.9. The number of rotatable bonds is 4. The van der Waals surface area contributed by atoms with E-state index in [0.717, 1.165) is 11.3 Å². The third kappa shape index (κ3) is 3.52. The topological polar surface area (TPSA) is 35.5 Å². The van der Waals surface area contributed by atoms with Crippen molar-refractivity contribution in [3.05, 3.63) is 29.8 Å². The molecule has 16 heavy (non-hydrogen) atoms. The van der Waals surface area contributed by atoms with Crippen molar-refractivity contribution in [1.29, 1.82) is 0 Å². The molecule has 0 radical (unpaired) electrons. The highest BCUT2D eigenvalue weighted by Gasteiger charge is 2.19. The number of hydrogen-bond donors (Lipinski definition) is 0. The number of esters is 1. The summed E-state index contributed by atoms with van der Waals surface area (Å²) in [5.41, 5.74) is 0.945. The first-order valence-corrected chi connectivity index (χ1v) is 5.91. The van der Waals surface area contributed by atoms with E-state index in [9.17, 15) is 4.79 Å². The monoisotopic (exact) mass is 286 g/mol. The van der Waals surface area contributed by atoms with Gasteiger partial charge >= 0.3 is 5.97 Å². The highest BCUT2D eigenvalue weighted by molar-refractivity contribution is 9.09. The lowest BCUT2D eigenvalue weighted by Crippen LogP contribution is -2.15. The van der Waals surface area contributed by atoms with Crippen LogP contribution in [-0.2, 0) is 9.53 Å². The Bertz CT molecular complexity index is 346. The van der Waals surface area contributed by atoms with Gasteiger partial charge in [-0.3, -0.25) is 4.79 Å². The van der Waals surface area contributed by atoms with Crippen LogP contribution in [0.3, 0.4) is 0 Å². The molecule has 0 saturated heterocycles. The van der Waals surface area contributed by atoms with Gasteiger partial charge in [-0.25, -0.2) is 0 Å². The highest BCUT2D eigenvalue weighted by Crippen LogP contribution is 2.27. The van der Waals surface area contributed by atoms with Gasteiger partial charge in [0, 0.05) is 6.92 Å². The fourth-order valence-electron chi connectivity index (χ4n) is 1.40. The molecule has 1 aromatic carbocycles. The molecular formula is C12H15BrO3. The first kappa shape index (κ1) is 13.0. The molecule has 1 aromatic rings. The number of hydrogen-bond acceptors (Lipinski definition) is 3. The van der Waals surface area contributed by atoms with Crippen LogP contribution in [0.25, 0.3) is 0 Å². The lowest BCUT2D eigenvalue weighted by molar-refractivity contribution is -0.146.